The van der Waals surface area contributed by atoms with Crippen LogP contribution in [0.5, 0.6) is 5.75 Å². The van der Waals surface area contributed by atoms with Crippen LogP contribution in [0.4, 0.5) is 18.9 Å². The van der Waals surface area contributed by atoms with Crippen molar-refractivity contribution in [3.8, 4) is 5.75 Å². The molecule has 1 aliphatic heterocycles. The van der Waals surface area contributed by atoms with Crippen molar-refractivity contribution in [3.63, 3.8) is 0 Å². The Morgan fingerprint density at radius 1 is 1.31 bits per heavy atom. The fourth-order valence-corrected chi connectivity index (χ4v) is 1.34. The van der Waals surface area contributed by atoms with Gasteiger partial charge in [0.1, 0.15) is 5.75 Å². The normalized spacial score (nSPS) is 16.7. The number of nitrogens with one attached hydrogen (secondary N) is 1. The Bertz CT molecular complexity index is 363. The van der Waals surface area contributed by atoms with Crippen molar-refractivity contribution in [1.29, 1.82) is 0 Å². The molecular formula is C10H10F3NO2. The first-order valence-electron chi connectivity index (χ1n) is 4.73. The van der Waals surface area contributed by atoms with Gasteiger partial charge in [0, 0.05) is 11.8 Å². The van der Waals surface area contributed by atoms with Crippen LogP contribution in [-0.4, -0.2) is 25.6 Å². The fraction of sp³-hybridized carbons (Fsp3) is 0.400. The van der Waals surface area contributed by atoms with Gasteiger partial charge in [0.25, 0.3) is 0 Å². The summed E-state index contributed by atoms with van der Waals surface area (Å²) in [6.07, 6.45) is -4.65. The first-order chi connectivity index (χ1) is 7.53. The molecule has 0 aromatic heterocycles. The van der Waals surface area contributed by atoms with Crippen LogP contribution in [0.15, 0.2) is 24.3 Å². The molecule has 0 amide bonds. The summed E-state index contributed by atoms with van der Waals surface area (Å²) in [6.45, 7) is 1.15. The molecule has 0 aliphatic carbocycles. The van der Waals surface area contributed by atoms with Crippen molar-refractivity contribution in [2.24, 2.45) is 0 Å². The summed E-state index contributed by atoms with van der Waals surface area (Å²) in [7, 11) is 0. The maximum absolute atomic E-state index is 12.0. The molecule has 6 heteroatoms. The molecule has 3 nitrogen and oxygen atoms in total. The van der Waals surface area contributed by atoms with Gasteiger partial charge in [-0.15, -0.1) is 13.2 Å². The summed E-state index contributed by atoms with van der Waals surface area (Å²) in [4.78, 5) is 0. The highest BCUT2D eigenvalue weighted by molar-refractivity contribution is 5.49. The Morgan fingerprint density at radius 2 is 2.06 bits per heavy atom. The zero-order valence-electron chi connectivity index (χ0n) is 8.25. The SMILES string of the molecule is FC(F)(F)Oc1cccc(NC2COC2)c1. The Balaban J connectivity index is 2.00. The first-order valence-corrected chi connectivity index (χ1v) is 4.73. The van der Waals surface area contributed by atoms with E-state index in [1.165, 1.54) is 18.2 Å². The van der Waals surface area contributed by atoms with E-state index in [-0.39, 0.29) is 11.8 Å². The summed E-state index contributed by atoms with van der Waals surface area (Å²) in [5.74, 6) is -0.224. The second kappa shape index (κ2) is 4.21. The van der Waals surface area contributed by atoms with Crippen LogP contribution < -0.4 is 10.1 Å². The lowest BCUT2D eigenvalue weighted by Crippen LogP contribution is -2.40. The fourth-order valence-electron chi connectivity index (χ4n) is 1.34. The van der Waals surface area contributed by atoms with Crippen molar-refractivity contribution < 1.29 is 22.6 Å². The molecule has 0 unspecified atom stereocenters. The van der Waals surface area contributed by atoms with Gasteiger partial charge in [-0.2, -0.15) is 0 Å². The smallest absolute Gasteiger partial charge is 0.406 e. The molecule has 0 atom stereocenters. The van der Waals surface area contributed by atoms with E-state index in [1.54, 1.807) is 6.07 Å². The molecule has 88 valence electrons. The van der Waals surface area contributed by atoms with Crippen LogP contribution in [0.2, 0.25) is 0 Å². The maximum atomic E-state index is 12.0. The molecule has 1 fully saturated rings. The summed E-state index contributed by atoms with van der Waals surface area (Å²) < 4.78 is 44.6. The topological polar surface area (TPSA) is 30.5 Å². The lowest BCUT2D eigenvalue weighted by atomic mass is 10.2. The predicted molar refractivity (Wildman–Crippen MR) is 51.4 cm³/mol. The summed E-state index contributed by atoms with van der Waals surface area (Å²) in [5, 5.41) is 3.03. The van der Waals surface area contributed by atoms with Crippen LogP contribution in [0.1, 0.15) is 0 Å². The molecule has 0 bridgehead atoms. The van der Waals surface area contributed by atoms with E-state index >= 15 is 0 Å². The van der Waals surface area contributed by atoms with E-state index in [2.05, 4.69) is 10.1 Å². The monoisotopic (exact) mass is 233 g/mol. The molecule has 1 saturated heterocycles. The van der Waals surface area contributed by atoms with Gasteiger partial charge in [0.05, 0.1) is 19.3 Å². The minimum atomic E-state index is -4.65. The zero-order chi connectivity index (χ0) is 11.6. The number of halogens is 3. The third kappa shape index (κ3) is 3.03. The van der Waals surface area contributed by atoms with Crippen LogP contribution in [0, 0.1) is 0 Å². The van der Waals surface area contributed by atoms with Crippen molar-refractivity contribution in [3.05, 3.63) is 24.3 Å². The Morgan fingerprint density at radius 3 is 2.62 bits per heavy atom. The van der Waals surface area contributed by atoms with Gasteiger partial charge in [-0.05, 0) is 12.1 Å². The highest BCUT2D eigenvalue weighted by Crippen LogP contribution is 2.25. The quantitative estimate of drug-likeness (QED) is 0.869. The van der Waals surface area contributed by atoms with Gasteiger partial charge < -0.3 is 14.8 Å². The van der Waals surface area contributed by atoms with Crippen LogP contribution in [-0.2, 0) is 4.74 Å². The lowest BCUT2D eigenvalue weighted by Gasteiger charge is -2.27. The number of hydrogen-bond donors (Lipinski definition) is 1. The van der Waals surface area contributed by atoms with Crippen LogP contribution in [0.3, 0.4) is 0 Å². The number of rotatable bonds is 3. The Kier molecular flexibility index (Phi) is 2.91. The second-order valence-electron chi connectivity index (χ2n) is 3.45. The van der Waals surface area contributed by atoms with Gasteiger partial charge in [-0.1, -0.05) is 6.07 Å². The molecular weight excluding hydrogens is 223 g/mol. The minimum Gasteiger partial charge on any atom is -0.406 e. The molecule has 2 rings (SSSR count). The molecule has 16 heavy (non-hydrogen) atoms. The number of ether oxygens (including phenoxy) is 2. The largest absolute Gasteiger partial charge is 0.573 e. The number of benzene rings is 1. The van der Waals surface area contributed by atoms with E-state index in [9.17, 15) is 13.2 Å². The molecule has 1 N–H and O–H groups in total. The zero-order valence-corrected chi connectivity index (χ0v) is 8.25. The third-order valence-electron chi connectivity index (χ3n) is 2.08. The van der Waals surface area contributed by atoms with Crippen molar-refractivity contribution in [2.45, 2.75) is 12.4 Å². The number of alkyl halides is 3. The summed E-state index contributed by atoms with van der Waals surface area (Å²) in [5.41, 5.74) is 0.593. The second-order valence-corrected chi connectivity index (χ2v) is 3.45. The van der Waals surface area contributed by atoms with Crippen molar-refractivity contribution in [2.75, 3.05) is 18.5 Å². The van der Waals surface area contributed by atoms with Crippen molar-refractivity contribution >= 4 is 5.69 Å². The molecule has 0 saturated carbocycles. The lowest BCUT2D eigenvalue weighted by molar-refractivity contribution is -0.274. The third-order valence-corrected chi connectivity index (χ3v) is 2.08. The predicted octanol–water partition coefficient (Wildman–Crippen LogP) is 2.40. The van der Waals surface area contributed by atoms with Gasteiger partial charge >= 0.3 is 6.36 Å². The van der Waals surface area contributed by atoms with Crippen LogP contribution >= 0.6 is 0 Å². The minimum absolute atomic E-state index is 0.168. The highest BCUT2D eigenvalue weighted by atomic mass is 19.4. The Hall–Kier alpha value is -1.43. The van der Waals surface area contributed by atoms with Gasteiger partial charge in [0.2, 0.25) is 0 Å². The Labute approximate surface area is 90.2 Å². The van der Waals surface area contributed by atoms with Gasteiger partial charge in [-0.3, -0.25) is 0 Å². The molecule has 1 aliphatic rings. The van der Waals surface area contributed by atoms with Crippen molar-refractivity contribution in [1.82, 2.24) is 0 Å². The number of hydrogen-bond acceptors (Lipinski definition) is 3. The molecule has 0 radical (unpaired) electrons. The standard InChI is InChI=1S/C10H10F3NO2/c11-10(12,13)16-9-3-1-2-7(4-9)14-8-5-15-6-8/h1-4,8,14H,5-6H2. The van der Waals surface area contributed by atoms with E-state index in [4.69, 9.17) is 4.74 Å². The summed E-state index contributed by atoms with van der Waals surface area (Å²) >= 11 is 0. The average molecular weight is 233 g/mol. The van der Waals surface area contributed by atoms with Crippen LogP contribution in [0.25, 0.3) is 0 Å². The molecule has 1 aromatic carbocycles. The van der Waals surface area contributed by atoms with Gasteiger partial charge in [0.15, 0.2) is 0 Å². The number of anilines is 1. The molecule has 1 heterocycles. The van der Waals surface area contributed by atoms with E-state index in [0.717, 1.165) is 0 Å². The molecule has 0 spiro atoms. The maximum Gasteiger partial charge on any atom is 0.573 e. The highest BCUT2D eigenvalue weighted by Gasteiger charge is 2.31. The van der Waals surface area contributed by atoms with E-state index < -0.39 is 6.36 Å². The van der Waals surface area contributed by atoms with E-state index in [0.29, 0.717) is 18.9 Å². The van der Waals surface area contributed by atoms with E-state index in [1.807, 2.05) is 0 Å². The summed E-state index contributed by atoms with van der Waals surface area (Å²) in [6, 6.07) is 5.92. The average Bonchev–Trinajstić information content (AvgIpc) is 2.09. The first kappa shape index (κ1) is 11.1. The van der Waals surface area contributed by atoms with Gasteiger partial charge in [-0.25, -0.2) is 0 Å². The molecule has 1 aromatic rings.